The van der Waals surface area contributed by atoms with Crippen molar-refractivity contribution in [1.82, 2.24) is 0 Å². The molecule has 1 atom stereocenters. The molecule has 0 saturated carbocycles. The van der Waals surface area contributed by atoms with Crippen molar-refractivity contribution >= 4 is 11.6 Å². The summed E-state index contributed by atoms with van der Waals surface area (Å²) in [6.07, 6.45) is 0.325. The number of aryl methyl sites for hydroxylation is 2. The van der Waals surface area contributed by atoms with Gasteiger partial charge in [0, 0.05) is 5.69 Å². The number of carbonyl (C=O) groups is 1. The summed E-state index contributed by atoms with van der Waals surface area (Å²) < 4.78 is 11.0. The molecule has 0 aliphatic carbocycles. The lowest BCUT2D eigenvalue weighted by molar-refractivity contribution is -0.118. The molecule has 148 valence electrons. The first kappa shape index (κ1) is 19.1. The van der Waals surface area contributed by atoms with Crippen molar-refractivity contribution < 1.29 is 14.3 Å². The van der Waals surface area contributed by atoms with Crippen LogP contribution in [0.25, 0.3) is 0 Å². The van der Waals surface area contributed by atoms with E-state index in [-0.39, 0.29) is 11.9 Å². The predicted octanol–water partition coefficient (Wildman–Crippen LogP) is 5.00. The lowest BCUT2D eigenvalue weighted by atomic mass is 9.85. The maximum absolute atomic E-state index is 13.3. The fourth-order valence-corrected chi connectivity index (χ4v) is 4.07. The van der Waals surface area contributed by atoms with Gasteiger partial charge in [0.15, 0.2) is 11.5 Å². The van der Waals surface area contributed by atoms with Gasteiger partial charge in [-0.25, -0.2) is 0 Å². The normalized spacial score (nSPS) is 15.8. The van der Waals surface area contributed by atoms with Crippen molar-refractivity contribution in [2.45, 2.75) is 26.3 Å². The van der Waals surface area contributed by atoms with Crippen LogP contribution < -0.4 is 14.4 Å². The molecule has 1 aliphatic heterocycles. The van der Waals surface area contributed by atoms with Gasteiger partial charge >= 0.3 is 0 Å². The standard InChI is InChI=1S/C25H25NO3/c1-16-9-11-19(12-10-16)26-24(27)14-18-13-22(28-3)23(29-4)15-21(18)25(26)20-8-6-5-7-17(20)2/h5-13,15,25H,14H2,1-4H3/t25-/m0/s1. The maximum Gasteiger partial charge on any atom is 0.232 e. The summed E-state index contributed by atoms with van der Waals surface area (Å²) in [4.78, 5) is 15.3. The second kappa shape index (κ2) is 7.63. The Morgan fingerprint density at radius 3 is 2.17 bits per heavy atom. The van der Waals surface area contributed by atoms with Crippen molar-refractivity contribution in [3.8, 4) is 11.5 Å². The Balaban J connectivity index is 1.97. The van der Waals surface area contributed by atoms with E-state index in [1.807, 2.05) is 60.4 Å². The summed E-state index contributed by atoms with van der Waals surface area (Å²) in [6.45, 7) is 4.13. The zero-order valence-electron chi connectivity index (χ0n) is 17.2. The summed E-state index contributed by atoms with van der Waals surface area (Å²) in [5.74, 6) is 1.39. The molecular formula is C25H25NO3. The number of amides is 1. The molecule has 1 heterocycles. The van der Waals surface area contributed by atoms with Crippen molar-refractivity contribution in [2.75, 3.05) is 19.1 Å². The van der Waals surface area contributed by atoms with Crippen LogP contribution in [0, 0.1) is 13.8 Å². The molecule has 29 heavy (non-hydrogen) atoms. The SMILES string of the molecule is COc1cc2c(cc1OC)[C@H](c1ccccc1C)N(c1ccc(C)cc1)C(=O)C2. The number of hydrogen-bond acceptors (Lipinski definition) is 3. The largest absolute Gasteiger partial charge is 0.493 e. The highest BCUT2D eigenvalue weighted by Gasteiger charge is 2.36. The second-order valence-electron chi connectivity index (χ2n) is 7.44. The Labute approximate surface area is 171 Å². The molecule has 0 fully saturated rings. The van der Waals surface area contributed by atoms with Crippen LogP contribution in [0.5, 0.6) is 11.5 Å². The number of methoxy groups -OCH3 is 2. The van der Waals surface area contributed by atoms with Crippen LogP contribution in [0.4, 0.5) is 5.69 Å². The van der Waals surface area contributed by atoms with Crippen molar-refractivity contribution in [2.24, 2.45) is 0 Å². The highest BCUT2D eigenvalue weighted by atomic mass is 16.5. The molecule has 3 aromatic carbocycles. The van der Waals surface area contributed by atoms with Gasteiger partial charge in [-0.15, -0.1) is 0 Å². The molecule has 1 aliphatic rings. The highest BCUT2D eigenvalue weighted by Crippen LogP contribution is 2.43. The molecule has 0 bridgehead atoms. The van der Waals surface area contributed by atoms with Crippen LogP contribution in [0.15, 0.2) is 60.7 Å². The topological polar surface area (TPSA) is 38.8 Å². The van der Waals surface area contributed by atoms with Crippen LogP contribution >= 0.6 is 0 Å². The van der Waals surface area contributed by atoms with Gasteiger partial charge < -0.3 is 14.4 Å². The van der Waals surface area contributed by atoms with Crippen LogP contribution in [0.2, 0.25) is 0 Å². The third-order valence-corrected chi connectivity index (χ3v) is 5.60. The number of anilines is 1. The molecule has 1 amide bonds. The molecule has 4 nitrogen and oxygen atoms in total. The fraction of sp³-hybridized carbons (Fsp3) is 0.240. The first-order valence-electron chi connectivity index (χ1n) is 9.72. The number of benzene rings is 3. The first-order valence-corrected chi connectivity index (χ1v) is 9.72. The molecule has 0 radical (unpaired) electrons. The van der Waals surface area contributed by atoms with E-state index in [2.05, 4.69) is 19.1 Å². The van der Waals surface area contributed by atoms with Gasteiger partial charge in [-0.1, -0.05) is 42.0 Å². The molecule has 3 aromatic rings. The van der Waals surface area contributed by atoms with Gasteiger partial charge in [0.05, 0.1) is 26.7 Å². The summed E-state index contributed by atoms with van der Waals surface area (Å²) in [7, 11) is 3.26. The third kappa shape index (κ3) is 3.35. The van der Waals surface area contributed by atoms with E-state index in [1.54, 1.807) is 14.2 Å². The Bertz CT molecular complexity index is 1060. The number of ether oxygens (including phenoxy) is 2. The number of hydrogen-bond donors (Lipinski definition) is 0. The predicted molar refractivity (Wildman–Crippen MR) is 115 cm³/mol. The zero-order chi connectivity index (χ0) is 20.5. The van der Waals surface area contributed by atoms with E-state index < -0.39 is 0 Å². The summed E-state index contributed by atoms with van der Waals surface area (Å²) in [5.41, 5.74) is 6.35. The third-order valence-electron chi connectivity index (χ3n) is 5.60. The van der Waals surface area contributed by atoms with E-state index in [1.165, 1.54) is 0 Å². The average molecular weight is 387 g/mol. The van der Waals surface area contributed by atoms with Gasteiger partial charge in [0.25, 0.3) is 0 Å². The van der Waals surface area contributed by atoms with E-state index in [4.69, 9.17) is 9.47 Å². The summed E-state index contributed by atoms with van der Waals surface area (Å²) in [6, 6.07) is 20.1. The number of rotatable bonds is 4. The number of carbonyl (C=O) groups excluding carboxylic acids is 1. The van der Waals surface area contributed by atoms with Crippen molar-refractivity contribution in [1.29, 1.82) is 0 Å². The van der Waals surface area contributed by atoms with Gasteiger partial charge in [-0.2, -0.15) is 0 Å². The molecule has 0 spiro atoms. The van der Waals surface area contributed by atoms with Crippen molar-refractivity contribution in [3.05, 3.63) is 88.5 Å². The van der Waals surface area contributed by atoms with Crippen LogP contribution in [-0.2, 0) is 11.2 Å². The lowest BCUT2D eigenvalue weighted by Gasteiger charge is -2.38. The van der Waals surface area contributed by atoms with Gasteiger partial charge in [-0.3, -0.25) is 4.79 Å². The summed E-state index contributed by atoms with van der Waals surface area (Å²) in [5, 5.41) is 0. The van der Waals surface area contributed by atoms with Crippen LogP contribution in [0.1, 0.15) is 33.9 Å². The van der Waals surface area contributed by atoms with Gasteiger partial charge in [-0.05, 0) is 60.4 Å². The van der Waals surface area contributed by atoms with Crippen molar-refractivity contribution in [3.63, 3.8) is 0 Å². The molecule has 0 saturated heterocycles. The molecule has 4 rings (SSSR count). The first-order chi connectivity index (χ1) is 14.0. The number of nitrogens with zero attached hydrogens (tertiary/aromatic N) is 1. The second-order valence-corrected chi connectivity index (χ2v) is 7.44. The van der Waals surface area contributed by atoms with E-state index >= 15 is 0 Å². The van der Waals surface area contributed by atoms with Crippen LogP contribution in [0.3, 0.4) is 0 Å². The zero-order valence-corrected chi connectivity index (χ0v) is 17.2. The maximum atomic E-state index is 13.3. The molecular weight excluding hydrogens is 362 g/mol. The van der Waals surface area contributed by atoms with E-state index in [0.29, 0.717) is 17.9 Å². The Morgan fingerprint density at radius 2 is 1.52 bits per heavy atom. The fourth-order valence-electron chi connectivity index (χ4n) is 4.07. The van der Waals surface area contributed by atoms with Crippen LogP contribution in [-0.4, -0.2) is 20.1 Å². The monoisotopic (exact) mass is 387 g/mol. The Kier molecular flexibility index (Phi) is 5.01. The highest BCUT2D eigenvalue weighted by molar-refractivity contribution is 5.98. The average Bonchev–Trinajstić information content (AvgIpc) is 2.73. The van der Waals surface area contributed by atoms with E-state index in [9.17, 15) is 4.79 Å². The Morgan fingerprint density at radius 1 is 0.862 bits per heavy atom. The molecule has 0 N–H and O–H groups in total. The Hall–Kier alpha value is -3.27. The van der Waals surface area contributed by atoms with Gasteiger partial charge in [0.1, 0.15) is 0 Å². The molecule has 4 heteroatoms. The minimum Gasteiger partial charge on any atom is -0.493 e. The minimum atomic E-state index is -0.227. The van der Waals surface area contributed by atoms with Gasteiger partial charge in [0.2, 0.25) is 5.91 Å². The van der Waals surface area contributed by atoms with E-state index in [0.717, 1.165) is 33.5 Å². The smallest absolute Gasteiger partial charge is 0.232 e. The number of fused-ring (bicyclic) bond motifs is 1. The quantitative estimate of drug-likeness (QED) is 0.632. The molecule has 0 unspecified atom stereocenters. The summed E-state index contributed by atoms with van der Waals surface area (Å²) >= 11 is 0. The molecule has 0 aromatic heterocycles. The lowest BCUT2D eigenvalue weighted by Crippen LogP contribution is -2.41. The minimum absolute atomic E-state index is 0.0711.